The molecule has 1 aliphatic rings. The number of amides is 1. The molecule has 0 N–H and O–H groups in total. The zero-order valence-electron chi connectivity index (χ0n) is 16.2. The molecule has 1 fully saturated rings. The molecule has 0 spiro atoms. The first-order valence-corrected chi connectivity index (χ1v) is 9.92. The minimum absolute atomic E-state index is 0.0448. The molecule has 2 aromatic carbocycles. The van der Waals surface area contributed by atoms with Crippen molar-refractivity contribution in [2.45, 2.75) is 33.3 Å². The van der Waals surface area contributed by atoms with E-state index in [0.717, 1.165) is 41.5 Å². The molecule has 0 bridgehead atoms. The van der Waals surface area contributed by atoms with Gasteiger partial charge in [-0.05, 0) is 49.6 Å². The normalized spacial score (nSPS) is 15.6. The maximum atomic E-state index is 12.8. The van der Waals surface area contributed by atoms with Crippen LogP contribution in [0.5, 0.6) is 5.75 Å². The number of aryl methyl sites for hydroxylation is 2. The number of nitrogens with zero attached hydrogens (tertiary/aromatic N) is 2. The van der Waals surface area contributed by atoms with Crippen molar-refractivity contribution in [3.05, 3.63) is 58.6 Å². The SMILES string of the molecule is CCc1ccccc1O[C@@H](C)C(=O)N1CCN(c2cc(Cl)ccc2C)CC1. The monoisotopic (exact) mass is 386 g/mol. The van der Waals surface area contributed by atoms with Crippen molar-refractivity contribution in [3.8, 4) is 5.75 Å². The van der Waals surface area contributed by atoms with E-state index in [1.165, 1.54) is 5.56 Å². The van der Waals surface area contributed by atoms with E-state index in [9.17, 15) is 4.79 Å². The summed E-state index contributed by atoms with van der Waals surface area (Å²) < 4.78 is 5.98. The predicted molar refractivity (Wildman–Crippen MR) is 111 cm³/mol. The van der Waals surface area contributed by atoms with Gasteiger partial charge in [0.2, 0.25) is 0 Å². The molecule has 1 saturated heterocycles. The van der Waals surface area contributed by atoms with E-state index in [-0.39, 0.29) is 5.91 Å². The fourth-order valence-corrected chi connectivity index (χ4v) is 3.67. The number of halogens is 1. The Kier molecular flexibility index (Phi) is 6.27. The van der Waals surface area contributed by atoms with Gasteiger partial charge in [-0.15, -0.1) is 0 Å². The van der Waals surface area contributed by atoms with Crippen LogP contribution in [0.2, 0.25) is 5.02 Å². The van der Waals surface area contributed by atoms with Crippen LogP contribution in [0, 0.1) is 6.92 Å². The van der Waals surface area contributed by atoms with E-state index < -0.39 is 6.10 Å². The maximum absolute atomic E-state index is 12.8. The van der Waals surface area contributed by atoms with Gasteiger partial charge in [-0.2, -0.15) is 0 Å². The number of anilines is 1. The summed E-state index contributed by atoms with van der Waals surface area (Å²) in [5.74, 6) is 0.845. The largest absolute Gasteiger partial charge is 0.481 e. The van der Waals surface area contributed by atoms with Crippen LogP contribution in [-0.2, 0) is 11.2 Å². The average Bonchev–Trinajstić information content (AvgIpc) is 2.69. The molecule has 0 aromatic heterocycles. The van der Waals surface area contributed by atoms with Gasteiger partial charge in [-0.1, -0.05) is 42.8 Å². The van der Waals surface area contributed by atoms with Gasteiger partial charge >= 0.3 is 0 Å². The van der Waals surface area contributed by atoms with Crippen LogP contribution in [-0.4, -0.2) is 43.1 Å². The highest BCUT2D eigenvalue weighted by Gasteiger charge is 2.27. The Morgan fingerprint density at radius 3 is 2.56 bits per heavy atom. The molecule has 0 saturated carbocycles. The molecule has 1 aliphatic heterocycles. The molecule has 3 rings (SSSR count). The van der Waals surface area contributed by atoms with Crippen molar-refractivity contribution in [1.82, 2.24) is 4.90 Å². The topological polar surface area (TPSA) is 32.8 Å². The first-order valence-electron chi connectivity index (χ1n) is 9.54. The third-order valence-corrected chi connectivity index (χ3v) is 5.34. The van der Waals surface area contributed by atoms with Crippen molar-refractivity contribution in [3.63, 3.8) is 0 Å². The predicted octanol–water partition coefficient (Wildman–Crippen LogP) is 4.33. The lowest BCUT2D eigenvalue weighted by Gasteiger charge is -2.37. The number of ether oxygens (including phenoxy) is 1. The second-order valence-corrected chi connectivity index (χ2v) is 7.40. The highest BCUT2D eigenvalue weighted by atomic mass is 35.5. The average molecular weight is 387 g/mol. The lowest BCUT2D eigenvalue weighted by atomic mass is 10.1. The van der Waals surface area contributed by atoms with Crippen LogP contribution in [0.3, 0.4) is 0 Å². The maximum Gasteiger partial charge on any atom is 0.263 e. The minimum atomic E-state index is -0.489. The molecule has 2 aromatic rings. The third kappa shape index (κ3) is 4.56. The minimum Gasteiger partial charge on any atom is -0.481 e. The Bertz CT molecular complexity index is 801. The molecule has 0 aliphatic carbocycles. The van der Waals surface area contributed by atoms with Gasteiger partial charge in [-0.3, -0.25) is 4.79 Å². The highest BCUT2D eigenvalue weighted by molar-refractivity contribution is 6.30. The molecule has 1 amide bonds. The van der Waals surface area contributed by atoms with E-state index in [0.29, 0.717) is 13.1 Å². The van der Waals surface area contributed by atoms with Gasteiger partial charge in [0.05, 0.1) is 0 Å². The van der Waals surface area contributed by atoms with E-state index in [1.807, 2.05) is 54.3 Å². The van der Waals surface area contributed by atoms with Crippen LogP contribution >= 0.6 is 11.6 Å². The number of para-hydroxylation sites is 1. The second-order valence-electron chi connectivity index (χ2n) is 6.96. The molecule has 0 radical (unpaired) electrons. The molecule has 1 atom stereocenters. The number of piperazine rings is 1. The fraction of sp³-hybridized carbons (Fsp3) is 0.409. The number of rotatable bonds is 5. The second kappa shape index (κ2) is 8.66. The summed E-state index contributed by atoms with van der Waals surface area (Å²) in [5.41, 5.74) is 3.47. The van der Waals surface area contributed by atoms with Gasteiger partial charge < -0.3 is 14.5 Å². The lowest BCUT2D eigenvalue weighted by Crippen LogP contribution is -2.52. The van der Waals surface area contributed by atoms with Gasteiger partial charge in [0.15, 0.2) is 6.10 Å². The number of hydrogen-bond acceptors (Lipinski definition) is 3. The molecule has 144 valence electrons. The number of hydrogen-bond donors (Lipinski definition) is 0. The van der Waals surface area contributed by atoms with Gasteiger partial charge in [0.1, 0.15) is 5.75 Å². The van der Waals surface area contributed by atoms with Crippen molar-refractivity contribution in [1.29, 1.82) is 0 Å². The number of carbonyl (C=O) groups excluding carboxylic acids is 1. The number of benzene rings is 2. The van der Waals surface area contributed by atoms with Gasteiger partial charge in [0, 0.05) is 36.9 Å². The smallest absolute Gasteiger partial charge is 0.263 e. The van der Waals surface area contributed by atoms with Crippen molar-refractivity contribution < 1.29 is 9.53 Å². The molecule has 4 nitrogen and oxygen atoms in total. The first kappa shape index (κ1) is 19.6. The van der Waals surface area contributed by atoms with Crippen molar-refractivity contribution in [2.24, 2.45) is 0 Å². The molecular formula is C22H27ClN2O2. The summed E-state index contributed by atoms with van der Waals surface area (Å²) in [7, 11) is 0. The van der Waals surface area contributed by atoms with Gasteiger partial charge in [-0.25, -0.2) is 0 Å². The van der Waals surface area contributed by atoms with Crippen LogP contribution in [0.25, 0.3) is 0 Å². The van der Waals surface area contributed by atoms with Crippen LogP contribution in [0.4, 0.5) is 5.69 Å². The first-order chi connectivity index (χ1) is 13.0. The summed E-state index contributed by atoms with van der Waals surface area (Å²) in [6, 6.07) is 13.9. The summed E-state index contributed by atoms with van der Waals surface area (Å²) in [6.07, 6.45) is 0.395. The van der Waals surface area contributed by atoms with Crippen LogP contribution in [0.1, 0.15) is 25.0 Å². The standard InChI is InChI=1S/C22H27ClN2O2/c1-4-18-7-5-6-8-21(18)27-17(3)22(26)25-13-11-24(12-14-25)20-15-19(23)10-9-16(20)2/h5-10,15,17H,4,11-14H2,1-3H3/t17-/m0/s1. The fourth-order valence-electron chi connectivity index (χ4n) is 3.50. The quantitative estimate of drug-likeness (QED) is 0.766. The Morgan fingerprint density at radius 1 is 1.15 bits per heavy atom. The van der Waals surface area contributed by atoms with Crippen LogP contribution < -0.4 is 9.64 Å². The van der Waals surface area contributed by atoms with Gasteiger partial charge in [0.25, 0.3) is 5.91 Å². The summed E-state index contributed by atoms with van der Waals surface area (Å²) in [4.78, 5) is 17.0. The summed E-state index contributed by atoms with van der Waals surface area (Å²) in [5, 5.41) is 0.741. The lowest BCUT2D eigenvalue weighted by molar-refractivity contribution is -0.138. The molecule has 27 heavy (non-hydrogen) atoms. The Labute approximate surface area is 166 Å². The van der Waals surface area contributed by atoms with E-state index in [4.69, 9.17) is 16.3 Å². The zero-order valence-corrected chi connectivity index (χ0v) is 17.0. The highest BCUT2D eigenvalue weighted by Crippen LogP contribution is 2.26. The van der Waals surface area contributed by atoms with Crippen molar-refractivity contribution >= 4 is 23.2 Å². The summed E-state index contributed by atoms with van der Waals surface area (Å²) >= 11 is 6.15. The van der Waals surface area contributed by atoms with Crippen molar-refractivity contribution in [2.75, 3.05) is 31.1 Å². The summed E-state index contributed by atoms with van der Waals surface area (Å²) in [6.45, 7) is 8.98. The molecule has 5 heteroatoms. The zero-order chi connectivity index (χ0) is 19.4. The Hall–Kier alpha value is -2.20. The molecule has 0 unspecified atom stereocenters. The Balaban J connectivity index is 1.60. The van der Waals surface area contributed by atoms with E-state index in [2.05, 4.69) is 18.7 Å². The van der Waals surface area contributed by atoms with Crippen LogP contribution in [0.15, 0.2) is 42.5 Å². The number of carbonyl (C=O) groups is 1. The Morgan fingerprint density at radius 2 is 1.85 bits per heavy atom. The third-order valence-electron chi connectivity index (χ3n) is 5.11. The molecule has 1 heterocycles. The van der Waals surface area contributed by atoms with E-state index >= 15 is 0 Å². The van der Waals surface area contributed by atoms with E-state index in [1.54, 1.807) is 0 Å². The molecular weight excluding hydrogens is 360 g/mol.